The summed E-state index contributed by atoms with van der Waals surface area (Å²) < 4.78 is 0. The van der Waals surface area contributed by atoms with Crippen molar-refractivity contribution in [1.29, 1.82) is 0 Å². The zero-order valence-corrected chi connectivity index (χ0v) is 18.2. The zero-order chi connectivity index (χ0) is 21.5. The van der Waals surface area contributed by atoms with Crippen LogP contribution in [0.15, 0.2) is 36.5 Å². The molecule has 2 fully saturated rings. The molecule has 0 bridgehead atoms. The van der Waals surface area contributed by atoms with Crippen molar-refractivity contribution in [3.05, 3.63) is 53.3 Å². The van der Waals surface area contributed by atoms with Gasteiger partial charge in [-0.3, -0.25) is 19.5 Å². The summed E-state index contributed by atoms with van der Waals surface area (Å²) in [5.74, 6) is 0.214. The van der Waals surface area contributed by atoms with Crippen LogP contribution in [0.4, 0.5) is 11.4 Å². The van der Waals surface area contributed by atoms with Crippen molar-refractivity contribution in [1.82, 2.24) is 4.98 Å². The smallest absolute Gasteiger partial charge is 0.259 e. The van der Waals surface area contributed by atoms with Gasteiger partial charge in [-0.2, -0.15) is 0 Å². The monoisotopic (exact) mass is 422 g/mol. The summed E-state index contributed by atoms with van der Waals surface area (Å²) >= 11 is 5.80. The molecule has 6 nitrogen and oxygen atoms in total. The lowest BCUT2D eigenvalue weighted by Gasteiger charge is -2.43. The van der Waals surface area contributed by atoms with E-state index in [9.17, 15) is 9.59 Å². The van der Waals surface area contributed by atoms with Gasteiger partial charge in [0.25, 0.3) is 5.91 Å². The van der Waals surface area contributed by atoms with Crippen LogP contribution in [-0.4, -0.2) is 27.3 Å². The number of carbonyl (C=O) groups excluding carboxylic acids is 2. The maximum atomic E-state index is 13.5. The molecule has 2 aromatic rings. The number of thiocarbonyl (C=S) groups is 1. The molecule has 0 atom stereocenters. The summed E-state index contributed by atoms with van der Waals surface area (Å²) in [5.41, 5.74) is 9.39. The molecule has 1 spiro atoms. The number of nitrogens with zero attached hydrogens (tertiary/aromatic N) is 3. The van der Waals surface area contributed by atoms with Crippen LogP contribution in [-0.2, 0) is 22.6 Å². The molecule has 1 saturated carbocycles. The first-order valence-corrected chi connectivity index (χ1v) is 10.8. The van der Waals surface area contributed by atoms with Crippen LogP contribution < -0.4 is 15.5 Å². The van der Waals surface area contributed by atoms with Crippen LogP contribution in [0.1, 0.15) is 49.4 Å². The first-order valence-electron chi connectivity index (χ1n) is 10.4. The molecule has 2 aliphatic rings. The molecule has 1 aliphatic heterocycles. The van der Waals surface area contributed by atoms with Gasteiger partial charge in [-0.1, -0.05) is 19.1 Å². The van der Waals surface area contributed by atoms with Crippen molar-refractivity contribution in [2.24, 2.45) is 5.73 Å². The molecule has 156 valence electrons. The van der Waals surface area contributed by atoms with Crippen LogP contribution in [0, 0.1) is 6.92 Å². The maximum absolute atomic E-state index is 13.5. The highest BCUT2D eigenvalue weighted by molar-refractivity contribution is 7.81. The van der Waals surface area contributed by atoms with Crippen LogP contribution >= 0.6 is 12.2 Å². The second-order valence-electron chi connectivity index (χ2n) is 8.04. The van der Waals surface area contributed by atoms with Crippen molar-refractivity contribution < 1.29 is 9.59 Å². The van der Waals surface area contributed by atoms with Crippen molar-refractivity contribution in [2.75, 3.05) is 9.80 Å². The fraction of sp³-hybridized carbons (Fsp3) is 0.391. The molecule has 0 unspecified atom stereocenters. The van der Waals surface area contributed by atoms with Gasteiger partial charge in [0.2, 0.25) is 0 Å². The first-order chi connectivity index (χ1) is 14.4. The van der Waals surface area contributed by atoms with Crippen LogP contribution in [0.3, 0.4) is 0 Å². The number of aromatic nitrogens is 1. The summed E-state index contributed by atoms with van der Waals surface area (Å²) in [7, 11) is 0. The van der Waals surface area contributed by atoms with E-state index in [1.165, 1.54) is 0 Å². The van der Waals surface area contributed by atoms with Gasteiger partial charge in [-0.05, 0) is 67.7 Å². The molecule has 30 heavy (non-hydrogen) atoms. The Hall–Kier alpha value is -2.64. The Kier molecular flexibility index (Phi) is 5.42. The number of ketones is 1. The van der Waals surface area contributed by atoms with Gasteiger partial charge >= 0.3 is 0 Å². The predicted octanol–water partition coefficient (Wildman–Crippen LogP) is 3.43. The molecule has 2 N–H and O–H groups in total. The van der Waals surface area contributed by atoms with E-state index < -0.39 is 5.54 Å². The lowest BCUT2D eigenvalue weighted by molar-refractivity contribution is -0.124. The van der Waals surface area contributed by atoms with E-state index in [0.717, 1.165) is 41.8 Å². The lowest BCUT2D eigenvalue weighted by Crippen LogP contribution is -2.55. The fourth-order valence-electron chi connectivity index (χ4n) is 4.25. The summed E-state index contributed by atoms with van der Waals surface area (Å²) in [5, 5.41) is 0.471. The third kappa shape index (κ3) is 3.22. The summed E-state index contributed by atoms with van der Waals surface area (Å²) in [6, 6.07) is 9.75. The Morgan fingerprint density at radius 2 is 1.93 bits per heavy atom. The summed E-state index contributed by atoms with van der Waals surface area (Å²) in [6.45, 7) is 4.17. The van der Waals surface area contributed by atoms with E-state index in [2.05, 4.69) is 4.98 Å². The number of hydrogen-bond acceptors (Lipinski definition) is 5. The Morgan fingerprint density at radius 3 is 2.47 bits per heavy atom. The predicted molar refractivity (Wildman–Crippen MR) is 121 cm³/mol. The van der Waals surface area contributed by atoms with Crippen molar-refractivity contribution in [3.8, 4) is 0 Å². The average Bonchev–Trinajstić information content (AvgIpc) is 2.95. The fourth-order valence-corrected chi connectivity index (χ4v) is 4.72. The van der Waals surface area contributed by atoms with Gasteiger partial charge in [-0.15, -0.1) is 0 Å². The molecule has 7 heteroatoms. The number of nitrogens with two attached hydrogens (primary N) is 1. The van der Waals surface area contributed by atoms with Gasteiger partial charge in [0.15, 0.2) is 5.11 Å². The highest BCUT2D eigenvalue weighted by atomic mass is 32.1. The molecular formula is C23H26N4O2S. The van der Waals surface area contributed by atoms with Gasteiger partial charge in [0.1, 0.15) is 11.3 Å². The minimum Gasteiger partial charge on any atom is -0.325 e. The Morgan fingerprint density at radius 1 is 1.23 bits per heavy atom. The Balaban J connectivity index is 1.68. The number of anilines is 2. The normalized spacial score (nSPS) is 17.6. The molecule has 1 aromatic carbocycles. The number of amides is 1. The highest BCUT2D eigenvalue weighted by Gasteiger charge is 2.59. The molecule has 1 aromatic heterocycles. The number of rotatable bonds is 6. The Labute approximate surface area is 182 Å². The quantitative estimate of drug-likeness (QED) is 0.719. The largest absolute Gasteiger partial charge is 0.325 e. The van der Waals surface area contributed by atoms with E-state index in [0.29, 0.717) is 30.2 Å². The molecule has 4 rings (SSSR count). The van der Waals surface area contributed by atoms with Crippen LogP contribution in [0.5, 0.6) is 0 Å². The minimum absolute atomic E-state index is 0.00526. The van der Waals surface area contributed by atoms with Gasteiger partial charge in [0, 0.05) is 25.1 Å². The standard InChI is InChI=1S/C23H26N4O2S/c1-3-19(28)12-16-5-7-17(8-6-16)27-22(30)26(21(29)23(27)9-4-10-23)18-11-15(2)20(13-24)25-14-18/h5-8,11,14H,3-4,9-10,12-13,24H2,1-2H3. The summed E-state index contributed by atoms with van der Waals surface area (Å²) in [4.78, 5) is 33.3. The lowest BCUT2D eigenvalue weighted by atomic mass is 9.75. The number of carbonyl (C=O) groups is 2. The number of pyridine rings is 1. The van der Waals surface area contributed by atoms with E-state index in [1.54, 1.807) is 11.1 Å². The van der Waals surface area contributed by atoms with E-state index in [4.69, 9.17) is 18.0 Å². The minimum atomic E-state index is -0.627. The second-order valence-corrected chi connectivity index (χ2v) is 8.41. The van der Waals surface area contributed by atoms with E-state index >= 15 is 0 Å². The van der Waals surface area contributed by atoms with Crippen molar-refractivity contribution >= 4 is 40.4 Å². The van der Waals surface area contributed by atoms with Crippen molar-refractivity contribution in [3.63, 3.8) is 0 Å². The summed E-state index contributed by atoms with van der Waals surface area (Å²) in [6.07, 6.45) is 5.16. The third-order valence-electron chi connectivity index (χ3n) is 6.21. The number of Topliss-reactive ketones (excluding diaryl/α,β-unsaturated/α-hetero) is 1. The number of benzene rings is 1. The molecular weight excluding hydrogens is 396 g/mol. The molecule has 0 radical (unpaired) electrons. The van der Waals surface area contributed by atoms with Gasteiger partial charge < -0.3 is 10.6 Å². The molecule has 2 heterocycles. The maximum Gasteiger partial charge on any atom is 0.259 e. The highest BCUT2D eigenvalue weighted by Crippen LogP contribution is 2.47. The van der Waals surface area contributed by atoms with Gasteiger partial charge in [0.05, 0.1) is 17.6 Å². The molecule has 1 saturated heterocycles. The topological polar surface area (TPSA) is 79.5 Å². The van der Waals surface area contributed by atoms with Crippen molar-refractivity contribution in [2.45, 2.75) is 58.0 Å². The van der Waals surface area contributed by atoms with Crippen LogP contribution in [0.2, 0.25) is 0 Å². The van der Waals surface area contributed by atoms with E-state index in [-0.39, 0.29) is 11.7 Å². The molecule has 1 amide bonds. The molecule has 1 aliphatic carbocycles. The second kappa shape index (κ2) is 7.89. The first kappa shape index (κ1) is 20.6. The average molecular weight is 423 g/mol. The number of aryl methyl sites for hydroxylation is 1. The SMILES string of the molecule is CCC(=O)Cc1ccc(N2C(=S)N(c3cnc(CN)c(C)c3)C(=O)C23CCC3)cc1. The number of hydrogen-bond donors (Lipinski definition) is 1. The van der Waals surface area contributed by atoms with Gasteiger partial charge in [-0.25, -0.2) is 0 Å². The zero-order valence-electron chi connectivity index (χ0n) is 17.4. The third-order valence-corrected chi connectivity index (χ3v) is 6.57. The van der Waals surface area contributed by atoms with E-state index in [1.807, 2.05) is 49.1 Å². The Bertz CT molecular complexity index is 1010. The van der Waals surface area contributed by atoms with Crippen LogP contribution in [0.25, 0.3) is 0 Å².